The number of rotatable bonds is 12. The van der Waals surface area contributed by atoms with E-state index >= 15 is 0 Å². The maximum Gasteiger partial charge on any atom is 0.268 e. The summed E-state index contributed by atoms with van der Waals surface area (Å²) in [6.07, 6.45) is 1.15. The van der Waals surface area contributed by atoms with E-state index in [1.807, 2.05) is 26.0 Å². The van der Waals surface area contributed by atoms with Crippen LogP contribution in [0.2, 0.25) is 0 Å². The third-order valence-corrected chi connectivity index (χ3v) is 6.09. The first-order valence-electron chi connectivity index (χ1n) is 11.8. The summed E-state index contributed by atoms with van der Waals surface area (Å²) in [4.78, 5) is 54.0. The summed E-state index contributed by atoms with van der Waals surface area (Å²) in [6.45, 7) is 4.24. The molecule has 3 amide bonds. The zero-order chi connectivity index (χ0) is 25.5. The standard InChI is InChI=1S/C25H34N4O6/c1-14(2)10-19(29-25(33)20-12-16-17(27-20)6-5-7-22(16)35-4)24(32)28-18(21(30)13-34-3)11-15-8-9-26-23(15)31/h5-7,12,14-15,18-19,27H,8-11,13H2,1-4H3,(H,26,31)(H,28,32)(H,29,33)/t15-,18?,19?/m0/s1. The first-order valence-corrected chi connectivity index (χ1v) is 11.8. The molecule has 2 heterocycles. The molecule has 35 heavy (non-hydrogen) atoms. The number of amides is 3. The molecule has 10 heteroatoms. The van der Waals surface area contributed by atoms with E-state index in [1.54, 1.807) is 19.2 Å². The lowest BCUT2D eigenvalue weighted by atomic mass is 9.95. The van der Waals surface area contributed by atoms with Crippen LogP contribution in [0.1, 0.15) is 43.6 Å². The smallest absolute Gasteiger partial charge is 0.268 e. The van der Waals surface area contributed by atoms with Crippen molar-refractivity contribution in [1.82, 2.24) is 20.9 Å². The predicted octanol–water partition coefficient (Wildman–Crippen LogP) is 1.55. The molecule has 0 saturated carbocycles. The number of ether oxygens (including phenoxy) is 2. The molecule has 0 spiro atoms. The molecular weight excluding hydrogens is 452 g/mol. The highest BCUT2D eigenvalue weighted by atomic mass is 16.5. The molecule has 1 fully saturated rings. The summed E-state index contributed by atoms with van der Waals surface area (Å²) in [5.41, 5.74) is 1.03. The maximum atomic E-state index is 13.2. The van der Waals surface area contributed by atoms with Gasteiger partial charge in [-0.05, 0) is 43.4 Å². The summed E-state index contributed by atoms with van der Waals surface area (Å²) in [6, 6.07) is 5.37. The molecular formula is C25H34N4O6. The minimum atomic E-state index is -0.889. The molecule has 1 aromatic heterocycles. The Balaban J connectivity index is 1.76. The minimum absolute atomic E-state index is 0.0996. The van der Waals surface area contributed by atoms with Crippen LogP contribution < -0.4 is 20.7 Å². The molecule has 1 aliphatic rings. The van der Waals surface area contributed by atoms with Crippen molar-refractivity contribution in [1.29, 1.82) is 0 Å². The zero-order valence-electron chi connectivity index (χ0n) is 20.6. The van der Waals surface area contributed by atoms with Gasteiger partial charge in [-0.15, -0.1) is 0 Å². The van der Waals surface area contributed by atoms with Crippen molar-refractivity contribution in [3.05, 3.63) is 30.0 Å². The Bertz CT molecular complexity index is 1080. The molecule has 3 atom stereocenters. The van der Waals surface area contributed by atoms with Crippen LogP contribution >= 0.6 is 0 Å². The highest BCUT2D eigenvalue weighted by molar-refractivity contribution is 6.02. The molecule has 0 aliphatic carbocycles. The van der Waals surface area contributed by atoms with E-state index in [4.69, 9.17) is 9.47 Å². The Hall–Kier alpha value is -3.40. The van der Waals surface area contributed by atoms with Crippen molar-refractivity contribution in [3.8, 4) is 5.75 Å². The molecule has 2 aromatic rings. The van der Waals surface area contributed by atoms with Crippen LogP contribution in [0.5, 0.6) is 5.75 Å². The topological polar surface area (TPSA) is 139 Å². The summed E-state index contributed by atoms with van der Waals surface area (Å²) in [7, 11) is 2.96. The van der Waals surface area contributed by atoms with E-state index in [9.17, 15) is 19.2 Å². The molecule has 1 saturated heterocycles. The minimum Gasteiger partial charge on any atom is -0.496 e. The summed E-state index contributed by atoms with van der Waals surface area (Å²) < 4.78 is 10.3. The van der Waals surface area contributed by atoms with Crippen LogP contribution in [0.15, 0.2) is 24.3 Å². The second kappa shape index (κ2) is 11.8. The van der Waals surface area contributed by atoms with Gasteiger partial charge < -0.3 is 30.4 Å². The lowest BCUT2D eigenvalue weighted by Crippen LogP contribution is -2.53. The highest BCUT2D eigenvalue weighted by Crippen LogP contribution is 2.26. The maximum absolute atomic E-state index is 13.2. The van der Waals surface area contributed by atoms with Crippen molar-refractivity contribution in [2.75, 3.05) is 27.4 Å². The number of hydrogen-bond donors (Lipinski definition) is 4. The molecule has 4 N–H and O–H groups in total. The second-order valence-electron chi connectivity index (χ2n) is 9.23. The van der Waals surface area contributed by atoms with Gasteiger partial charge in [0.15, 0.2) is 5.78 Å². The van der Waals surface area contributed by atoms with Crippen LogP contribution in [0, 0.1) is 11.8 Å². The Morgan fingerprint density at radius 1 is 1.14 bits per heavy atom. The first-order chi connectivity index (χ1) is 16.7. The van der Waals surface area contributed by atoms with E-state index in [0.29, 0.717) is 30.8 Å². The van der Waals surface area contributed by atoms with Gasteiger partial charge in [0.25, 0.3) is 5.91 Å². The quantitative estimate of drug-likeness (QED) is 0.359. The van der Waals surface area contributed by atoms with E-state index in [1.165, 1.54) is 7.11 Å². The molecule has 10 nitrogen and oxygen atoms in total. The third-order valence-electron chi connectivity index (χ3n) is 6.09. The summed E-state index contributed by atoms with van der Waals surface area (Å²) in [5, 5.41) is 9.06. The summed E-state index contributed by atoms with van der Waals surface area (Å²) in [5.74, 6) is -1.01. The van der Waals surface area contributed by atoms with Crippen LogP contribution in [0.4, 0.5) is 0 Å². The van der Waals surface area contributed by atoms with Gasteiger partial charge in [-0.25, -0.2) is 0 Å². The Labute approximate surface area is 204 Å². The van der Waals surface area contributed by atoms with Gasteiger partial charge in [0.05, 0.1) is 13.2 Å². The monoisotopic (exact) mass is 486 g/mol. The molecule has 0 radical (unpaired) electrons. The predicted molar refractivity (Wildman–Crippen MR) is 130 cm³/mol. The third kappa shape index (κ3) is 6.60. The molecule has 1 aromatic carbocycles. The van der Waals surface area contributed by atoms with Crippen molar-refractivity contribution in [2.45, 2.75) is 45.2 Å². The van der Waals surface area contributed by atoms with Gasteiger partial charge in [-0.1, -0.05) is 19.9 Å². The largest absolute Gasteiger partial charge is 0.496 e. The number of methoxy groups -OCH3 is 2. The van der Waals surface area contributed by atoms with Gasteiger partial charge in [-0.3, -0.25) is 19.2 Å². The molecule has 2 unspecified atom stereocenters. The number of nitrogens with one attached hydrogen (secondary N) is 4. The van der Waals surface area contributed by atoms with E-state index in [-0.39, 0.29) is 36.6 Å². The number of hydrogen-bond acceptors (Lipinski definition) is 6. The summed E-state index contributed by atoms with van der Waals surface area (Å²) >= 11 is 0. The van der Waals surface area contributed by atoms with Crippen molar-refractivity contribution in [2.24, 2.45) is 11.8 Å². The average molecular weight is 487 g/mol. The van der Waals surface area contributed by atoms with E-state index in [0.717, 1.165) is 10.9 Å². The number of H-pyrrole nitrogens is 1. The van der Waals surface area contributed by atoms with Gasteiger partial charge >= 0.3 is 0 Å². The van der Waals surface area contributed by atoms with Crippen molar-refractivity contribution < 1.29 is 28.7 Å². The van der Waals surface area contributed by atoms with Crippen molar-refractivity contribution >= 4 is 34.4 Å². The van der Waals surface area contributed by atoms with Gasteiger partial charge in [-0.2, -0.15) is 0 Å². The number of ketones is 1. The van der Waals surface area contributed by atoms with E-state index in [2.05, 4.69) is 20.9 Å². The van der Waals surface area contributed by atoms with Crippen LogP contribution in [0.25, 0.3) is 10.9 Å². The average Bonchev–Trinajstić information content (AvgIpc) is 3.43. The van der Waals surface area contributed by atoms with Crippen LogP contribution in [0.3, 0.4) is 0 Å². The molecule has 3 rings (SSSR count). The number of carbonyl (C=O) groups is 4. The normalized spacial score (nSPS) is 17.2. The highest BCUT2D eigenvalue weighted by Gasteiger charge is 2.33. The molecule has 0 bridgehead atoms. The lowest BCUT2D eigenvalue weighted by molar-refractivity contribution is -0.132. The van der Waals surface area contributed by atoms with Crippen LogP contribution in [-0.2, 0) is 19.1 Å². The number of benzene rings is 1. The van der Waals surface area contributed by atoms with E-state index < -0.39 is 23.9 Å². The Morgan fingerprint density at radius 2 is 1.91 bits per heavy atom. The Kier molecular flexibility index (Phi) is 8.86. The number of Topliss-reactive ketones (excluding diaryl/α,β-unsaturated/α-hetero) is 1. The number of carbonyl (C=O) groups excluding carboxylic acids is 4. The van der Waals surface area contributed by atoms with Crippen molar-refractivity contribution in [3.63, 3.8) is 0 Å². The lowest BCUT2D eigenvalue weighted by Gasteiger charge is -2.25. The second-order valence-corrected chi connectivity index (χ2v) is 9.23. The number of aromatic nitrogens is 1. The molecule has 190 valence electrons. The Morgan fingerprint density at radius 3 is 2.54 bits per heavy atom. The molecule has 1 aliphatic heterocycles. The number of fused-ring (bicyclic) bond motifs is 1. The fourth-order valence-corrected chi connectivity index (χ4v) is 4.31. The van der Waals surface area contributed by atoms with Gasteiger partial charge in [0.1, 0.15) is 24.1 Å². The van der Waals surface area contributed by atoms with Crippen LogP contribution in [-0.4, -0.2) is 67.9 Å². The fraction of sp³-hybridized carbons (Fsp3) is 0.520. The zero-order valence-corrected chi connectivity index (χ0v) is 20.6. The number of aromatic amines is 1. The fourth-order valence-electron chi connectivity index (χ4n) is 4.31. The van der Waals surface area contributed by atoms with Gasteiger partial charge in [0.2, 0.25) is 11.8 Å². The SMILES string of the molecule is COCC(=O)C(C[C@@H]1CCNC1=O)NC(=O)C(CC(C)C)NC(=O)c1cc2c(OC)cccc2[nH]1. The first kappa shape index (κ1) is 26.2. The van der Waals surface area contributed by atoms with Gasteiger partial charge in [0, 0.05) is 30.5 Å².